The molecule has 0 aliphatic rings. The number of H-pyrrole nitrogens is 1. The summed E-state index contributed by atoms with van der Waals surface area (Å²) in [7, 11) is 0. The van der Waals surface area contributed by atoms with Gasteiger partial charge in [0.1, 0.15) is 29.0 Å². The molecule has 0 radical (unpaired) electrons. The zero-order valence-electron chi connectivity index (χ0n) is 21.5. The van der Waals surface area contributed by atoms with Gasteiger partial charge in [-0.1, -0.05) is 12.1 Å². The molecule has 0 fully saturated rings. The van der Waals surface area contributed by atoms with Crippen LogP contribution in [0.15, 0.2) is 85.3 Å². The van der Waals surface area contributed by atoms with Crippen LogP contribution in [0.2, 0.25) is 0 Å². The molecule has 6 rings (SSSR count). The molecular formula is C30H15F7N6. The number of rotatable bonds is 5. The Morgan fingerprint density at radius 1 is 0.558 bits per heavy atom. The minimum Gasteiger partial charge on any atom is -0.256 e. The number of halogens is 7. The van der Waals surface area contributed by atoms with Gasteiger partial charge in [-0.25, -0.2) is 22.5 Å². The molecule has 0 aliphatic heterocycles. The molecule has 0 aliphatic carbocycles. The molecule has 4 aromatic heterocycles. The molecule has 6 aromatic rings. The van der Waals surface area contributed by atoms with Crippen LogP contribution in [0.25, 0.3) is 56.3 Å². The smallest absolute Gasteiger partial charge is 0.256 e. The highest BCUT2D eigenvalue weighted by Crippen LogP contribution is 2.44. The lowest BCUT2D eigenvalue weighted by Gasteiger charge is -2.17. The van der Waals surface area contributed by atoms with Crippen LogP contribution < -0.4 is 0 Å². The number of alkyl halides is 3. The molecule has 0 unspecified atom stereocenters. The average molecular weight is 592 g/mol. The van der Waals surface area contributed by atoms with E-state index in [9.17, 15) is 26.3 Å². The third kappa shape index (κ3) is 5.20. The third-order valence-electron chi connectivity index (χ3n) is 6.47. The number of aromatic amines is 1. The van der Waals surface area contributed by atoms with Crippen molar-refractivity contribution in [3.63, 3.8) is 0 Å². The average Bonchev–Trinajstić information content (AvgIpc) is 3.48. The van der Waals surface area contributed by atoms with E-state index in [1.807, 2.05) is 5.10 Å². The first-order valence-corrected chi connectivity index (χ1v) is 12.4. The standard InChI is InChI=1S/C30H15F7N6/c31-15-5-7-17(22(33)13-15)19-3-1-10-38-25(19)21-9-12-40-27(28-41-29(43-42-28)30(35,36)37)24(21)26-20(4-2-11-39-26)18-8-6-16(32)14-23(18)34/h1-14H,(H,41,42,43). The second kappa shape index (κ2) is 10.7. The van der Waals surface area contributed by atoms with Crippen LogP contribution in [-0.4, -0.2) is 30.1 Å². The largest absolute Gasteiger partial charge is 0.451 e. The van der Waals surface area contributed by atoms with Crippen LogP contribution in [0.4, 0.5) is 30.7 Å². The minimum absolute atomic E-state index is 0.0145. The molecule has 0 spiro atoms. The fourth-order valence-electron chi connectivity index (χ4n) is 4.64. The molecule has 2 aromatic carbocycles. The summed E-state index contributed by atoms with van der Waals surface area (Å²) in [4.78, 5) is 16.7. The van der Waals surface area contributed by atoms with E-state index in [0.717, 1.165) is 12.1 Å². The highest BCUT2D eigenvalue weighted by Gasteiger charge is 2.36. The van der Waals surface area contributed by atoms with Crippen molar-refractivity contribution in [1.29, 1.82) is 0 Å². The summed E-state index contributed by atoms with van der Waals surface area (Å²) in [6, 6.07) is 13.4. The van der Waals surface area contributed by atoms with Gasteiger partial charge in [0, 0.05) is 64.1 Å². The molecule has 13 heteroatoms. The van der Waals surface area contributed by atoms with Gasteiger partial charge in [0.25, 0.3) is 0 Å². The van der Waals surface area contributed by atoms with E-state index < -0.39 is 41.1 Å². The number of aromatic nitrogens is 6. The lowest BCUT2D eigenvalue weighted by molar-refractivity contribution is -0.144. The molecule has 0 amide bonds. The zero-order valence-corrected chi connectivity index (χ0v) is 21.5. The Labute approximate surface area is 238 Å². The van der Waals surface area contributed by atoms with Crippen LogP contribution in [0.1, 0.15) is 5.82 Å². The maximum absolute atomic E-state index is 15.1. The Bertz CT molecular complexity index is 1990. The summed E-state index contributed by atoms with van der Waals surface area (Å²) in [6.45, 7) is 0. The maximum Gasteiger partial charge on any atom is 0.451 e. The first-order chi connectivity index (χ1) is 20.6. The summed E-state index contributed by atoms with van der Waals surface area (Å²) >= 11 is 0. The molecule has 6 nitrogen and oxygen atoms in total. The number of hydrogen-bond donors (Lipinski definition) is 1. The van der Waals surface area contributed by atoms with Gasteiger partial charge in [0.15, 0.2) is 0 Å². The van der Waals surface area contributed by atoms with Gasteiger partial charge in [0.2, 0.25) is 11.6 Å². The highest BCUT2D eigenvalue weighted by molar-refractivity contribution is 5.97. The molecule has 43 heavy (non-hydrogen) atoms. The molecule has 0 saturated heterocycles. The second-order valence-corrected chi connectivity index (χ2v) is 9.13. The van der Waals surface area contributed by atoms with Crippen LogP contribution in [-0.2, 0) is 6.18 Å². The number of pyridine rings is 3. The minimum atomic E-state index is -4.86. The fourth-order valence-corrected chi connectivity index (χ4v) is 4.64. The van der Waals surface area contributed by atoms with Crippen molar-refractivity contribution in [2.45, 2.75) is 6.18 Å². The van der Waals surface area contributed by atoms with Gasteiger partial charge < -0.3 is 0 Å². The Hall–Kier alpha value is -5.46. The van der Waals surface area contributed by atoms with Gasteiger partial charge in [-0.05, 0) is 42.5 Å². The van der Waals surface area contributed by atoms with E-state index in [1.54, 1.807) is 0 Å². The summed E-state index contributed by atoms with van der Waals surface area (Å²) in [5.41, 5.74) is 0.404. The second-order valence-electron chi connectivity index (χ2n) is 9.13. The van der Waals surface area contributed by atoms with E-state index in [-0.39, 0.29) is 50.5 Å². The van der Waals surface area contributed by atoms with Crippen LogP contribution in [0, 0.1) is 23.3 Å². The van der Waals surface area contributed by atoms with E-state index in [4.69, 9.17) is 0 Å². The SMILES string of the molecule is Fc1ccc(-c2cccnc2-c2ccnc(-c3n[nH]c(C(F)(F)F)n3)c2-c2ncccc2-c2ccc(F)cc2F)c(F)c1. The summed E-state index contributed by atoms with van der Waals surface area (Å²) in [6.07, 6.45) is -0.834. The predicted molar refractivity (Wildman–Crippen MR) is 142 cm³/mol. The van der Waals surface area contributed by atoms with Crippen molar-refractivity contribution in [2.24, 2.45) is 0 Å². The van der Waals surface area contributed by atoms with Crippen LogP contribution in [0.5, 0.6) is 0 Å². The molecule has 4 heterocycles. The van der Waals surface area contributed by atoms with Gasteiger partial charge in [-0.2, -0.15) is 18.3 Å². The molecule has 214 valence electrons. The molecular weight excluding hydrogens is 577 g/mol. The topological polar surface area (TPSA) is 80.2 Å². The predicted octanol–water partition coefficient (Wildman–Crippen LogP) is 7.90. The lowest BCUT2D eigenvalue weighted by Crippen LogP contribution is -2.07. The molecule has 0 saturated carbocycles. The monoisotopic (exact) mass is 592 g/mol. The van der Waals surface area contributed by atoms with Crippen molar-refractivity contribution in [3.05, 3.63) is 114 Å². The van der Waals surface area contributed by atoms with E-state index in [1.165, 1.54) is 61.1 Å². The van der Waals surface area contributed by atoms with E-state index >= 15 is 4.39 Å². The Morgan fingerprint density at radius 3 is 1.67 bits per heavy atom. The van der Waals surface area contributed by atoms with Crippen LogP contribution >= 0.6 is 0 Å². The van der Waals surface area contributed by atoms with Crippen molar-refractivity contribution in [3.8, 4) is 56.3 Å². The normalized spacial score (nSPS) is 11.6. The van der Waals surface area contributed by atoms with E-state index in [2.05, 4.69) is 25.0 Å². The highest BCUT2D eigenvalue weighted by atomic mass is 19.4. The van der Waals surface area contributed by atoms with Crippen molar-refractivity contribution < 1.29 is 30.7 Å². The number of nitrogens with zero attached hydrogens (tertiary/aromatic N) is 5. The van der Waals surface area contributed by atoms with Crippen LogP contribution in [0.3, 0.4) is 0 Å². The van der Waals surface area contributed by atoms with Gasteiger partial charge in [0.05, 0.1) is 11.4 Å². The summed E-state index contributed by atoms with van der Waals surface area (Å²) in [5, 5.41) is 5.56. The van der Waals surface area contributed by atoms with Crippen molar-refractivity contribution in [2.75, 3.05) is 0 Å². The Kier molecular flexibility index (Phi) is 6.92. The first kappa shape index (κ1) is 27.7. The lowest BCUT2D eigenvalue weighted by atomic mass is 9.90. The summed E-state index contributed by atoms with van der Waals surface area (Å²) in [5.74, 6) is -5.30. The van der Waals surface area contributed by atoms with Crippen molar-refractivity contribution in [1.82, 2.24) is 30.1 Å². The zero-order chi connectivity index (χ0) is 30.3. The quantitative estimate of drug-likeness (QED) is 0.206. The first-order valence-electron chi connectivity index (χ1n) is 12.4. The number of hydrogen-bond acceptors (Lipinski definition) is 5. The summed E-state index contributed by atoms with van der Waals surface area (Å²) < 4.78 is 97.9. The fraction of sp³-hybridized carbons (Fsp3) is 0.0333. The maximum atomic E-state index is 15.1. The number of nitrogens with one attached hydrogen (secondary N) is 1. The van der Waals surface area contributed by atoms with E-state index in [0.29, 0.717) is 12.1 Å². The molecule has 1 N–H and O–H groups in total. The Morgan fingerprint density at radius 2 is 1.12 bits per heavy atom. The van der Waals surface area contributed by atoms with Gasteiger partial charge >= 0.3 is 6.18 Å². The Balaban J connectivity index is 1.68. The van der Waals surface area contributed by atoms with Gasteiger partial charge in [-0.15, -0.1) is 0 Å². The van der Waals surface area contributed by atoms with Crippen molar-refractivity contribution >= 4 is 0 Å². The number of benzene rings is 2. The third-order valence-corrected chi connectivity index (χ3v) is 6.47. The molecule has 0 bridgehead atoms. The van der Waals surface area contributed by atoms with Gasteiger partial charge in [-0.3, -0.25) is 20.1 Å². The molecule has 0 atom stereocenters.